The van der Waals surface area contributed by atoms with Crippen molar-refractivity contribution in [2.24, 2.45) is 10.9 Å². The normalized spacial score (nSPS) is 27.3. The van der Waals surface area contributed by atoms with Crippen LogP contribution in [-0.4, -0.2) is 67.4 Å². The molecule has 7 nitrogen and oxygen atoms in total. The zero-order chi connectivity index (χ0) is 20.9. The molecule has 2 fully saturated rings. The van der Waals surface area contributed by atoms with Crippen LogP contribution in [0, 0.1) is 5.92 Å². The van der Waals surface area contributed by atoms with Gasteiger partial charge in [0.15, 0.2) is 5.96 Å². The number of rotatable bonds is 5. The molecule has 2 saturated heterocycles. The van der Waals surface area contributed by atoms with E-state index in [1.54, 1.807) is 7.05 Å². The first-order chi connectivity index (χ1) is 13.1. The van der Waals surface area contributed by atoms with Crippen molar-refractivity contribution in [3.05, 3.63) is 0 Å². The average Bonchev–Trinajstić information content (AvgIpc) is 2.56. The Balaban J connectivity index is 1.85. The Morgan fingerprint density at radius 3 is 2.32 bits per heavy atom. The molecule has 3 atom stereocenters. The quantitative estimate of drug-likeness (QED) is 0.493. The van der Waals surface area contributed by atoms with Crippen LogP contribution in [-0.2, 0) is 4.74 Å². The molecule has 3 unspecified atom stereocenters. The molecule has 28 heavy (non-hydrogen) atoms. The number of nitrogens with zero attached hydrogens (tertiary/aromatic N) is 2. The molecule has 0 saturated carbocycles. The zero-order valence-corrected chi connectivity index (χ0v) is 18.8. The fraction of sp³-hybridized carbons (Fsp3) is 0.905. The summed E-state index contributed by atoms with van der Waals surface area (Å²) in [7, 11) is 4.07. The van der Waals surface area contributed by atoms with Crippen LogP contribution in [0.15, 0.2) is 4.99 Å². The molecule has 0 aromatic heterocycles. The molecule has 3 N–H and O–H groups in total. The van der Waals surface area contributed by atoms with Crippen LogP contribution in [0.25, 0.3) is 0 Å². The molecule has 1 amide bonds. The molecule has 0 spiro atoms. The first kappa shape index (κ1) is 22.8. The summed E-state index contributed by atoms with van der Waals surface area (Å²) >= 11 is 0. The van der Waals surface area contributed by atoms with E-state index in [9.17, 15) is 4.79 Å². The Labute approximate surface area is 171 Å². The van der Waals surface area contributed by atoms with E-state index in [-0.39, 0.29) is 18.1 Å². The smallest absolute Gasteiger partial charge is 0.407 e. The van der Waals surface area contributed by atoms with Crippen molar-refractivity contribution in [2.75, 3.05) is 20.6 Å². The van der Waals surface area contributed by atoms with Crippen LogP contribution in [0.5, 0.6) is 0 Å². The van der Waals surface area contributed by atoms with Gasteiger partial charge in [-0.2, -0.15) is 0 Å². The van der Waals surface area contributed by atoms with E-state index in [0.29, 0.717) is 24.7 Å². The number of fused-ring (bicyclic) bond motifs is 2. The van der Waals surface area contributed by atoms with Gasteiger partial charge in [0.05, 0.1) is 6.04 Å². The van der Waals surface area contributed by atoms with Gasteiger partial charge in [0.25, 0.3) is 0 Å². The number of carbonyl (C=O) groups excluding carboxylic acids is 1. The Hall–Kier alpha value is -1.50. The Morgan fingerprint density at radius 1 is 1.21 bits per heavy atom. The number of guanidine groups is 1. The Kier molecular flexibility index (Phi) is 7.98. The second-order valence-corrected chi connectivity index (χ2v) is 9.67. The van der Waals surface area contributed by atoms with E-state index in [0.717, 1.165) is 18.8 Å². The molecule has 2 aliphatic heterocycles. The second kappa shape index (κ2) is 9.81. The van der Waals surface area contributed by atoms with Gasteiger partial charge in [-0.1, -0.05) is 20.3 Å². The monoisotopic (exact) mass is 395 g/mol. The number of hydrogen-bond acceptors (Lipinski definition) is 4. The topological polar surface area (TPSA) is 78.0 Å². The number of aliphatic imine (C=N–C) groups is 1. The molecule has 162 valence electrons. The van der Waals surface area contributed by atoms with Crippen LogP contribution in [0.2, 0.25) is 0 Å². The molecule has 0 radical (unpaired) electrons. The maximum atomic E-state index is 12.1. The van der Waals surface area contributed by atoms with Gasteiger partial charge in [-0.05, 0) is 59.4 Å². The third-order valence-electron chi connectivity index (χ3n) is 5.90. The Bertz CT molecular complexity index is 529. The van der Waals surface area contributed by atoms with E-state index in [1.165, 1.54) is 19.3 Å². The van der Waals surface area contributed by atoms with E-state index in [2.05, 4.69) is 46.7 Å². The van der Waals surface area contributed by atoms with Gasteiger partial charge in [0, 0.05) is 31.7 Å². The third-order valence-corrected chi connectivity index (χ3v) is 5.90. The molecule has 2 rings (SSSR count). The lowest BCUT2D eigenvalue weighted by molar-refractivity contribution is 0.0489. The number of nitrogens with one attached hydrogen (secondary N) is 3. The van der Waals surface area contributed by atoms with Gasteiger partial charge in [-0.15, -0.1) is 0 Å². The van der Waals surface area contributed by atoms with Crippen LogP contribution >= 0.6 is 0 Å². The van der Waals surface area contributed by atoms with Crippen molar-refractivity contribution in [3.8, 4) is 0 Å². The van der Waals surface area contributed by atoms with Crippen molar-refractivity contribution >= 4 is 12.1 Å². The molecule has 0 aromatic carbocycles. The average molecular weight is 396 g/mol. The standard InChI is InChI=1S/C21H41N5O2/c1-14(2)18(25-20(27)28-21(3,4)5)13-23-19(22-6)24-15-11-16-9-8-10-17(12-15)26(16)7/h14-18H,8-13H2,1-7H3,(H,25,27)(H2,22,23,24). The van der Waals surface area contributed by atoms with Gasteiger partial charge >= 0.3 is 6.09 Å². The van der Waals surface area contributed by atoms with Crippen LogP contribution in [0.3, 0.4) is 0 Å². The highest BCUT2D eigenvalue weighted by molar-refractivity contribution is 5.80. The molecule has 2 aliphatic rings. The Morgan fingerprint density at radius 2 is 1.82 bits per heavy atom. The van der Waals surface area contributed by atoms with Crippen molar-refractivity contribution in [1.82, 2.24) is 20.9 Å². The number of amides is 1. The number of carbonyl (C=O) groups is 1. The summed E-state index contributed by atoms with van der Waals surface area (Å²) in [4.78, 5) is 19.1. The highest BCUT2D eigenvalue weighted by atomic mass is 16.6. The number of ether oxygens (including phenoxy) is 1. The lowest BCUT2D eigenvalue weighted by Crippen LogP contribution is -2.57. The van der Waals surface area contributed by atoms with Crippen LogP contribution in [0.1, 0.15) is 66.7 Å². The van der Waals surface area contributed by atoms with Crippen molar-refractivity contribution in [3.63, 3.8) is 0 Å². The minimum atomic E-state index is -0.497. The molecule has 7 heteroatoms. The summed E-state index contributed by atoms with van der Waals surface area (Å²) < 4.78 is 5.40. The fourth-order valence-electron chi connectivity index (χ4n) is 4.24. The number of piperidine rings is 2. The third kappa shape index (κ3) is 6.83. The zero-order valence-electron chi connectivity index (χ0n) is 18.8. The van der Waals surface area contributed by atoms with Crippen molar-refractivity contribution in [2.45, 2.75) is 96.5 Å². The second-order valence-electron chi connectivity index (χ2n) is 9.67. The molecule has 0 aliphatic carbocycles. The highest BCUT2D eigenvalue weighted by Crippen LogP contribution is 2.32. The van der Waals surface area contributed by atoms with E-state index in [4.69, 9.17) is 4.74 Å². The molecule has 2 heterocycles. The van der Waals surface area contributed by atoms with E-state index in [1.807, 2.05) is 20.8 Å². The van der Waals surface area contributed by atoms with Crippen LogP contribution in [0.4, 0.5) is 4.79 Å². The predicted octanol–water partition coefficient (Wildman–Crippen LogP) is 2.72. The number of alkyl carbamates (subject to hydrolysis) is 1. The minimum absolute atomic E-state index is 0.0368. The lowest BCUT2D eigenvalue weighted by Gasteiger charge is -2.47. The maximum absolute atomic E-state index is 12.1. The first-order valence-electron chi connectivity index (χ1n) is 10.8. The summed E-state index contributed by atoms with van der Waals surface area (Å²) in [6, 6.07) is 1.78. The molecule has 0 aromatic rings. The van der Waals surface area contributed by atoms with Crippen molar-refractivity contribution in [1.29, 1.82) is 0 Å². The summed E-state index contributed by atoms with van der Waals surface area (Å²) in [6.45, 7) is 10.4. The van der Waals surface area contributed by atoms with Gasteiger partial charge < -0.3 is 25.6 Å². The molecule has 2 bridgehead atoms. The van der Waals surface area contributed by atoms with Gasteiger partial charge in [-0.3, -0.25) is 4.99 Å². The summed E-state index contributed by atoms with van der Waals surface area (Å²) in [5, 5.41) is 9.99. The SMILES string of the molecule is CN=C(NCC(NC(=O)OC(C)(C)C)C(C)C)NC1CC2CCCC(C1)N2C. The van der Waals surface area contributed by atoms with Gasteiger partial charge in [0.1, 0.15) is 5.60 Å². The lowest BCUT2D eigenvalue weighted by atomic mass is 9.82. The van der Waals surface area contributed by atoms with Gasteiger partial charge in [0.2, 0.25) is 0 Å². The maximum Gasteiger partial charge on any atom is 0.407 e. The predicted molar refractivity (Wildman–Crippen MR) is 115 cm³/mol. The summed E-state index contributed by atoms with van der Waals surface area (Å²) in [5.41, 5.74) is -0.497. The largest absolute Gasteiger partial charge is 0.444 e. The summed E-state index contributed by atoms with van der Waals surface area (Å²) in [5.74, 6) is 1.09. The summed E-state index contributed by atoms with van der Waals surface area (Å²) in [6.07, 6.45) is 5.90. The van der Waals surface area contributed by atoms with Crippen LogP contribution < -0.4 is 16.0 Å². The highest BCUT2D eigenvalue weighted by Gasteiger charge is 2.36. The van der Waals surface area contributed by atoms with Gasteiger partial charge in [-0.25, -0.2) is 4.79 Å². The fourth-order valence-corrected chi connectivity index (χ4v) is 4.24. The van der Waals surface area contributed by atoms with E-state index < -0.39 is 5.60 Å². The first-order valence-corrected chi connectivity index (χ1v) is 10.8. The molecular weight excluding hydrogens is 354 g/mol. The molecular formula is C21H41N5O2. The van der Waals surface area contributed by atoms with Crippen molar-refractivity contribution < 1.29 is 9.53 Å². The number of hydrogen-bond donors (Lipinski definition) is 3. The minimum Gasteiger partial charge on any atom is -0.444 e. The van der Waals surface area contributed by atoms with E-state index >= 15 is 0 Å².